The fourth-order valence-corrected chi connectivity index (χ4v) is 8.48. The number of benzene rings is 7. The van der Waals surface area contributed by atoms with Crippen molar-refractivity contribution in [1.82, 2.24) is 9.55 Å². The number of allylic oxidation sites excluding steroid dienone is 1. The molecule has 2 heterocycles. The fourth-order valence-electron chi connectivity index (χ4n) is 8.48. The molecule has 0 unspecified atom stereocenters. The molecular formula is C49H38N2. The number of hydrogen-bond acceptors (Lipinski definition) is 1. The minimum atomic E-state index is 0.0643. The van der Waals surface area contributed by atoms with Gasteiger partial charge in [0.25, 0.3) is 0 Å². The molecule has 10 rings (SSSR count). The number of rotatable bonds is 4. The summed E-state index contributed by atoms with van der Waals surface area (Å²) in [4.78, 5) is 4.36. The Labute approximate surface area is 298 Å². The Morgan fingerprint density at radius 2 is 1.31 bits per heavy atom. The minimum Gasteiger partial charge on any atom is -0.313 e. The van der Waals surface area contributed by atoms with E-state index in [1.54, 1.807) is 0 Å². The third kappa shape index (κ3) is 4.74. The molecule has 0 spiro atoms. The zero-order chi connectivity index (χ0) is 34.3. The topological polar surface area (TPSA) is 17.8 Å². The molecule has 0 amide bonds. The Kier molecular flexibility index (Phi) is 6.60. The number of aromatic nitrogens is 2. The van der Waals surface area contributed by atoms with Gasteiger partial charge in [-0.3, -0.25) is 4.98 Å². The second-order valence-electron chi connectivity index (χ2n) is 15.1. The second-order valence-corrected chi connectivity index (χ2v) is 15.1. The molecule has 9 aromatic rings. The number of hydrogen-bond donors (Lipinski definition) is 0. The number of para-hydroxylation sites is 1. The highest BCUT2D eigenvalue weighted by Gasteiger charge is 2.22. The first-order valence-corrected chi connectivity index (χ1v) is 18.1. The van der Waals surface area contributed by atoms with E-state index in [0.29, 0.717) is 0 Å². The molecule has 0 aliphatic heterocycles. The van der Waals surface area contributed by atoms with Gasteiger partial charge in [0.05, 0.1) is 5.52 Å². The Balaban J connectivity index is 1.23. The quantitative estimate of drug-likeness (QED) is 0.173. The van der Waals surface area contributed by atoms with Crippen molar-refractivity contribution < 1.29 is 0 Å². The monoisotopic (exact) mass is 654 g/mol. The van der Waals surface area contributed by atoms with E-state index >= 15 is 0 Å². The van der Waals surface area contributed by atoms with Crippen LogP contribution in [0.1, 0.15) is 44.0 Å². The van der Waals surface area contributed by atoms with Gasteiger partial charge in [-0.2, -0.15) is 0 Å². The van der Waals surface area contributed by atoms with Crippen molar-refractivity contribution >= 4 is 49.3 Å². The van der Waals surface area contributed by atoms with Crippen LogP contribution in [0.4, 0.5) is 0 Å². The molecule has 1 aliphatic carbocycles. The lowest BCUT2D eigenvalue weighted by molar-refractivity contribution is 0.591. The van der Waals surface area contributed by atoms with E-state index in [4.69, 9.17) is 0 Å². The molecule has 2 nitrogen and oxygen atoms in total. The Morgan fingerprint density at radius 3 is 2.06 bits per heavy atom. The van der Waals surface area contributed by atoms with Crippen molar-refractivity contribution in [2.24, 2.45) is 0 Å². The molecule has 0 saturated carbocycles. The van der Waals surface area contributed by atoms with Gasteiger partial charge in [-0.15, -0.1) is 0 Å². The molecule has 244 valence electrons. The van der Waals surface area contributed by atoms with Gasteiger partial charge in [-0.25, -0.2) is 0 Å². The maximum Gasteiger partial charge on any atom is 0.0537 e. The first-order chi connectivity index (χ1) is 24.9. The molecule has 0 saturated heterocycles. The van der Waals surface area contributed by atoms with Crippen molar-refractivity contribution in [3.8, 4) is 39.1 Å². The molecule has 2 heteroatoms. The summed E-state index contributed by atoms with van der Waals surface area (Å²) in [5.41, 5.74) is 13.9. The minimum absolute atomic E-state index is 0.0643. The summed E-state index contributed by atoms with van der Waals surface area (Å²) in [5, 5.41) is 9.20. The first kappa shape index (κ1) is 29.9. The summed E-state index contributed by atoms with van der Waals surface area (Å²) in [6.07, 6.45) is 10.5. The van der Waals surface area contributed by atoms with E-state index < -0.39 is 0 Å². The van der Waals surface area contributed by atoms with Crippen LogP contribution < -0.4 is 0 Å². The first-order valence-electron chi connectivity index (χ1n) is 18.1. The zero-order valence-electron chi connectivity index (χ0n) is 29.2. The summed E-state index contributed by atoms with van der Waals surface area (Å²) >= 11 is 0. The summed E-state index contributed by atoms with van der Waals surface area (Å²) in [7, 11) is 0. The molecule has 0 N–H and O–H groups in total. The lowest BCUT2D eigenvalue weighted by Gasteiger charge is -2.23. The summed E-state index contributed by atoms with van der Waals surface area (Å²) in [6.45, 7) is 6.92. The van der Waals surface area contributed by atoms with E-state index in [9.17, 15) is 0 Å². The van der Waals surface area contributed by atoms with Crippen LogP contribution in [0.15, 0.2) is 146 Å². The van der Waals surface area contributed by atoms with Crippen LogP contribution in [0.2, 0.25) is 0 Å². The third-order valence-corrected chi connectivity index (χ3v) is 11.0. The second kappa shape index (κ2) is 11.3. The molecular weight excluding hydrogens is 617 g/mol. The van der Waals surface area contributed by atoms with E-state index in [2.05, 4.69) is 164 Å². The van der Waals surface area contributed by atoms with E-state index in [0.717, 1.165) is 18.4 Å². The van der Waals surface area contributed by atoms with Crippen molar-refractivity contribution in [1.29, 1.82) is 0 Å². The summed E-state index contributed by atoms with van der Waals surface area (Å²) in [6, 6.07) is 47.9. The van der Waals surface area contributed by atoms with Crippen molar-refractivity contribution in [2.75, 3.05) is 0 Å². The van der Waals surface area contributed by atoms with Crippen molar-refractivity contribution in [2.45, 2.75) is 39.0 Å². The molecule has 51 heavy (non-hydrogen) atoms. The Bertz CT molecular complexity index is 2790. The van der Waals surface area contributed by atoms with Crippen LogP contribution in [0.3, 0.4) is 0 Å². The smallest absolute Gasteiger partial charge is 0.0537 e. The van der Waals surface area contributed by atoms with Gasteiger partial charge in [0.1, 0.15) is 0 Å². The Morgan fingerprint density at radius 1 is 0.588 bits per heavy atom. The maximum atomic E-state index is 4.36. The summed E-state index contributed by atoms with van der Waals surface area (Å²) in [5.74, 6) is 0. The predicted molar refractivity (Wildman–Crippen MR) is 217 cm³/mol. The lowest BCUT2D eigenvalue weighted by atomic mass is 9.81. The van der Waals surface area contributed by atoms with Crippen LogP contribution in [0, 0.1) is 0 Å². The molecule has 0 atom stereocenters. The fraction of sp³-hybridized carbons (Fsp3) is 0.122. The average molecular weight is 655 g/mol. The van der Waals surface area contributed by atoms with Crippen LogP contribution in [0.25, 0.3) is 88.4 Å². The van der Waals surface area contributed by atoms with Gasteiger partial charge in [-0.1, -0.05) is 130 Å². The molecule has 7 aromatic carbocycles. The number of pyridine rings is 1. The highest BCUT2D eigenvalue weighted by molar-refractivity contribution is 6.28. The van der Waals surface area contributed by atoms with E-state index in [1.165, 1.54) is 93.5 Å². The van der Waals surface area contributed by atoms with Gasteiger partial charge in [0.2, 0.25) is 0 Å². The normalized spacial score (nSPS) is 13.2. The van der Waals surface area contributed by atoms with Crippen LogP contribution in [0.5, 0.6) is 0 Å². The maximum absolute atomic E-state index is 4.36. The highest BCUT2D eigenvalue weighted by Crippen LogP contribution is 2.46. The van der Waals surface area contributed by atoms with Gasteiger partial charge < -0.3 is 4.57 Å². The zero-order valence-corrected chi connectivity index (χ0v) is 29.2. The Hall–Kier alpha value is -5.99. The number of nitrogens with zero attached hydrogens (tertiary/aromatic N) is 2. The molecule has 0 radical (unpaired) electrons. The molecule has 1 aliphatic rings. The van der Waals surface area contributed by atoms with Crippen molar-refractivity contribution in [3.63, 3.8) is 0 Å². The average Bonchev–Trinajstić information content (AvgIpc) is 3.51. The molecule has 2 aromatic heterocycles. The standard InChI is InChI=1S/C49H38N2/c1-49(2,3)37-26-34-21-23-41-43(32-19-17-31(18-20-32)36-11-9-25-50-30-36)29-44(42-24-22-35(27-37)47(34)48(41)42)33-10-8-12-38(28-33)51-45-15-6-4-13-39(45)40-14-5-7-16-46(40)51/h4-6,8-15,17-30H,7,16H2,1-3H3. The summed E-state index contributed by atoms with van der Waals surface area (Å²) < 4.78 is 2.50. The molecule has 0 fully saturated rings. The van der Waals surface area contributed by atoms with E-state index in [1.807, 2.05) is 18.5 Å². The van der Waals surface area contributed by atoms with Crippen LogP contribution >= 0.6 is 0 Å². The van der Waals surface area contributed by atoms with Gasteiger partial charge >= 0.3 is 0 Å². The lowest BCUT2D eigenvalue weighted by Crippen LogP contribution is -2.10. The van der Waals surface area contributed by atoms with Crippen LogP contribution in [-0.4, -0.2) is 9.55 Å². The van der Waals surface area contributed by atoms with Gasteiger partial charge in [0, 0.05) is 34.7 Å². The van der Waals surface area contributed by atoms with Crippen LogP contribution in [-0.2, 0) is 11.8 Å². The number of fused-ring (bicyclic) bond motifs is 3. The van der Waals surface area contributed by atoms with Crippen molar-refractivity contribution in [3.05, 3.63) is 163 Å². The molecule has 0 bridgehead atoms. The third-order valence-electron chi connectivity index (χ3n) is 11.0. The highest BCUT2D eigenvalue weighted by atomic mass is 15.0. The van der Waals surface area contributed by atoms with Gasteiger partial charge in [-0.05, 0) is 120 Å². The van der Waals surface area contributed by atoms with Gasteiger partial charge in [0.15, 0.2) is 0 Å². The SMILES string of the molecule is CC(C)(C)c1cc2ccc3c(-c4ccc(-c5cccnc5)cc4)cc(-c4cccc(-n5c6c(c7ccccc75)C=CCC6)c4)c4ccc(c1)c2c34. The largest absolute Gasteiger partial charge is 0.313 e. The van der Waals surface area contributed by atoms with E-state index in [-0.39, 0.29) is 5.41 Å². The predicted octanol–water partition coefficient (Wildman–Crippen LogP) is 13.2.